The summed E-state index contributed by atoms with van der Waals surface area (Å²) in [7, 11) is -0.634. The van der Waals surface area contributed by atoms with Crippen LogP contribution in [0.15, 0.2) is 12.1 Å². The molecular formula is C19H25BO6. The van der Waals surface area contributed by atoms with E-state index in [2.05, 4.69) is 0 Å². The third kappa shape index (κ3) is 2.87. The van der Waals surface area contributed by atoms with Crippen molar-refractivity contribution < 1.29 is 28.3 Å². The second-order valence-electron chi connectivity index (χ2n) is 8.65. The second kappa shape index (κ2) is 5.39. The third-order valence-electron chi connectivity index (χ3n) is 5.37. The van der Waals surface area contributed by atoms with Crippen molar-refractivity contribution in [3.63, 3.8) is 0 Å². The Morgan fingerprint density at radius 2 is 1.62 bits per heavy atom. The Labute approximate surface area is 154 Å². The number of carbonyl (C=O) groups is 1. The summed E-state index contributed by atoms with van der Waals surface area (Å²) >= 11 is 0. The number of hydrogen-bond donors (Lipinski definition) is 0. The Morgan fingerprint density at radius 3 is 2.19 bits per heavy atom. The Hall–Kier alpha value is -1.73. The van der Waals surface area contributed by atoms with Gasteiger partial charge in [-0.05, 0) is 46.6 Å². The first-order chi connectivity index (χ1) is 12.0. The van der Waals surface area contributed by atoms with Gasteiger partial charge in [0.05, 0.1) is 17.3 Å². The molecule has 2 heterocycles. The van der Waals surface area contributed by atoms with Gasteiger partial charge in [-0.3, -0.25) is 0 Å². The molecule has 26 heavy (non-hydrogen) atoms. The Morgan fingerprint density at radius 1 is 1.00 bits per heavy atom. The molecule has 6 nitrogen and oxygen atoms in total. The molecule has 0 aromatic heterocycles. The molecule has 3 aliphatic rings. The molecular weight excluding hydrogens is 335 g/mol. The Bertz CT molecular complexity index is 750. The maximum absolute atomic E-state index is 12.7. The van der Waals surface area contributed by atoms with Crippen LogP contribution in [0.2, 0.25) is 0 Å². The predicted octanol–water partition coefficient (Wildman–Crippen LogP) is 2.81. The molecule has 0 radical (unpaired) electrons. The maximum Gasteiger partial charge on any atom is 0.498 e. The molecule has 0 amide bonds. The standard InChI is InChI=1S/C19H25BO6/c1-17(2)18(3,4)26-20(25-17)12-9-10-13(22-11-7-8-11)14-15(12)23-19(5,6)24-16(14)21/h9-11H,7-8H2,1-6H3. The highest BCUT2D eigenvalue weighted by molar-refractivity contribution is 6.63. The minimum atomic E-state index is -1.07. The summed E-state index contributed by atoms with van der Waals surface area (Å²) in [5.41, 5.74) is 0.00610. The van der Waals surface area contributed by atoms with Gasteiger partial charge in [0.25, 0.3) is 0 Å². The SMILES string of the molecule is CC1(C)OC(=O)c2c(OC3CC3)ccc(B3OC(C)(C)C(C)(C)O3)c2O1. The van der Waals surface area contributed by atoms with Crippen LogP contribution in [-0.4, -0.2) is 36.2 Å². The van der Waals surface area contributed by atoms with E-state index in [1.54, 1.807) is 19.9 Å². The molecule has 2 aliphatic heterocycles. The van der Waals surface area contributed by atoms with E-state index in [0.717, 1.165) is 12.8 Å². The van der Waals surface area contributed by atoms with Gasteiger partial charge in [0.2, 0.25) is 5.79 Å². The smallest absolute Gasteiger partial charge is 0.489 e. The van der Waals surface area contributed by atoms with Crippen molar-refractivity contribution in [2.45, 2.75) is 77.5 Å². The Kier molecular flexibility index (Phi) is 3.67. The van der Waals surface area contributed by atoms with Gasteiger partial charge >= 0.3 is 13.1 Å². The minimum absolute atomic E-state index is 0.157. The first-order valence-corrected chi connectivity index (χ1v) is 9.11. The molecule has 1 aromatic carbocycles. The van der Waals surface area contributed by atoms with Crippen molar-refractivity contribution in [3.8, 4) is 11.5 Å². The summed E-state index contributed by atoms with van der Waals surface area (Å²) in [4.78, 5) is 12.7. The second-order valence-corrected chi connectivity index (χ2v) is 8.65. The Balaban J connectivity index is 1.79. The van der Waals surface area contributed by atoms with Crippen LogP contribution in [0, 0.1) is 0 Å². The summed E-state index contributed by atoms with van der Waals surface area (Å²) in [5.74, 6) is -0.614. The fourth-order valence-corrected chi connectivity index (χ4v) is 3.04. The van der Waals surface area contributed by atoms with Crippen molar-refractivity contribution in [2.24, 2.45) is 0 Å². The van der Waals surface area contributed by atoms with E-state index in [-0.39, 0.29) is 6.10 Å². The van der Waals surface area contributed by atoms with E-state index < -0.39 is 30.1 Å². The van der Waals surface area contributed by atoms with Crippen molar-refractivity contribution >= 4 is 18.6 Å². The number of carbonyl (C=O) groups excluding carboxylic acids is 1. The molecule has 0 bridgehead atoms. The highest BCUT2D eigenvalue weighted by Gasteiger charge is 2.54. The van der Waals surface area contributed by atoms with E-state index in [0.29, 0.717) is 22.5 Å². The lowest BCUT2D eigenvalue weighted by Gasteiger charge is -2.34. The third-order valence-corrected chi connectivity index (χ3v) is 5.37. The average molecular weight is 360 g/mol. The number of ether oxygens (including phenoxy) is 3. The first kappa shape index (κ1) is 17.7. The van der Waals surface area contributed by atoms with Crippen molar-refractivity contribution in [1.29, 1.82) is 0 Å². The number of benzene rings is 1. The van der Waals surface area contributed by atoms with Crippen LogP contribution in [0.3, 0.4) is 0 Å². The zero-order valence-corrected chi connectivity index (χ0v) is 16.2. The number of cyclic esters (lactones) is 1. The molecule has 0 atom stereocenters. The van der Waals surface area contributed by atoms with Gasteiger partial charge in [-0.25, -0.2) is 4.79 Å². The predicted molar refractivity (Wildman–Crippen MR) is 95.9 cm³/mol. The van der Waals surface area contributed by atoms with Gasteiger partial charge in [0, 0.05) is 19.3 Å². The van der Waals surface area contributed by atoms with Crippen LogP contribution in [0.5, 0.6) is 11.5 Å². The molecule has 0 N–H and O–H groups in total. The van der Waals surface area contributed by atoms with Gasteiger partial charge in [0.1, 0.15) is 17.1 Å². The minimum Gasteiger partial charge on any atom is -0.489 e. The number of hydrogen-bond acceptors (Lipinski definition) is 6. The van der Waals surface area contributed by atoms with Crippen LogP contribution >= 0.6 is 0 Å². The van der Waals surface area contributed by atoms with E-state index >= 15 is 0 Å². The van der Waals surface area contributed by atoms with Gasteiger partial charge in [-0.1, -0.05) is 6.07 Å². The van der Waals surface area contributed by atoms with Crippen LogP contribution in [0.4, 0.5) is 0 Å². The fraction of sp³-hybridized carbons (Fsp3) is 0.632. The summed E-state index contributed by atoms with van der Waals surface area (Å²) in [6.07, 6.45) is 2.15. The molecule has 140 valence electrons. The molecule has 2 fully saturated rings. The molecule has 7 heteroatoms. The monoisotopic (exact) mass is 360 g/mol. The van der Waals surface area contributed by atoms with Gasteiger partial charge in [-0.15, -0.1) is 0 Å². The number of esters is 1. The molecule has 0 spiro atoms. The lowest BCUT2D eigenvalue weighted by Crippen LogP contribution is -2.44. The van der Waals surface area contributed by atoms with Crippen molar-refractivity contribution in [2.75, 3.05) is 0 Å². The fourth-order valence-electron chi connectivity index (χ4n) is 3.04. The number of fused-ring (bicyclic) bond motifs is 1. The van der Waals surface area contributed by atoms with Crippen molar-refractivity contribution in [1.82, 2.24) is 0 Å². The van der Waals surface area contributed by atoms with E-state index in [9.17, 15) is 4.79 Å². The molecule has 1 saturated heterocycles. The largest absolute Gasteiger partial charge is 0.498 e. The summed E-state index contributed by atoms with van der Waals surface area (Å²) in [6.45, 7) is 11.4. The molecule has 1 saturated carbocycles. The van der Waals surface area contributed by atoms with Crippen LogP contribution in [0.1, 0.15) is 64.7 Å². The highest BCUT2D eigenvalue weighted by atomic mass is 16.7. The summed E-state index contributed by atoms with van der Waals surface area (Å²) in [5, 5.41) is 0. The molecule has 4 rings (SSSR count). The first-order valence-electron chi connectivity index (χ1n) is 9.11. The van der Waals surface area contributed by atoms with Crippen molar-refractivity contribution in [3.05, 3.63) is 17.7 Å². The van der Waals surface area contributed by atoms with Crippen LogP contribution in [-0.2, 0) is 14.0 Å². The average Bonchev–Trinajstić information content (AvgIpc) is 3.24. The molecule has 1 aromatic rings. The van der Waals surface area contributed by atoms with E-state index in [1.807, 2.05) is 33.8 Å². The van der Waals surface area contributed by atoms with Gasteiger partial charge in [0.15, 0.2) is 0 Å². The van der Waals surface area contributed by atoms with Gasteiger partial charge < -0.3 is 23.5 Å². The van der Waals surface area contributed by atoms with Crippen LogP contribution in [0.25, 0.3) is 0 Å². The highest BCUT2D eigenvalue weighted by Crippen LogP contribution is 2.41. The lowest BCUT2D eigenvalue weighted by atomic mass is 9.77. The molecule has 0 unspecified atom stereocenters. The zero-order chi connectivity index (χ0) is 18.9. The lowest BCUT2D eigenvalue weighted by molar-refractivity contribution is -0.127. The topological polar surface area (TPSA) is 63.2 Å². The summed E-state index contributed by atoms with van der Waals surface area (Å²) < 4.78 is 29.7. The normalized spacial score (nSPS) is 25.3. The summed E-state index contributed by atoms with van der Waals surface area (Å²) in [6, 6.07) is 3.63. The quantitative estimate of drug-likeness (QED) is 0.610. The van der Waals surface area contributed by atoms with E-state index in [1.165, 1.54) is 0 Å². The van der Waals surface area contributed by atoms with E-state index in [4.69, 9.17) is 23.5 Å². The van der Waals surface area contributed by atoms with Crippen LogP contribution < -0.4 is 14.9 Å². The molecule has 1 aliphatic carbocycles. The number of rotatable bonds is 3. The zero-order valence-electron chi connectivity index (χ0n) is 16.2. The van der Waals surface area contributed by atoms with Gasteiger partial charge in [-0.2, -0.15) is 0 Å². The maximum atomic E-state index is 12.7.